The van der Waals surface area contributed by atoms with Gasteiger partial charge in [-0.15, -0.1) is 0 Å². The molecule has 0 bridgehead atoms. The van der Waals surface area contributed by atoms with Crippen molar-refractivity contribution in [2.75, 3.05) is 5.32 Å². The van der Waals surface area contributed by atoms with Gasteiger partial charge in [-0.25, -0.2) is 0 Å². The molecule has 0 spiro atoms. The van der Waals surface area contributed by atoms with E-state index in [0.717, 1.165) is 5.56 Å². The number of hydrogen-bond donors (Lipinski definition) is 1. The molecule has 2 aromatic carbocycles. The van der Waals surface area contributed by atoms with Crippen LogP contribution in [-0.2, 0) is 6.54 Å². The molecule has 5 nitrogen and oxygen atoms in total. The highest BCUT2D eigenvalue weighted by Gasteiger charge is 2.17. The van der Waals surface area contributed by atoms with E-state index in [1.54, 1.807) is 41.2 Å². The van der Waals surface area contributed by atoms with Gasteiger partial charge in [-0.1, -0.05) is 42.0 Å². The normalized spacial score (nSPS) is 10.5. The Morgan fingerprint density at radius 2 is 1.84 bits per heavy atom. The van der Waals surface area contributed by atoms with Crippen LogP contribution in [0.3, 0.4) is 0 Å². The van der Waals surface area contributed by atoms with E-state index in [1.165, 1.54) is 0 Å². The largest absolute Gasteiger partial charge is 0.320 e. The van der Waals surface area contributed by atoms with Gasteiger partial charge >= 0.3 is 0 Å². The topological polar surface area (TPSA) is 64.0 Å². The molecular weight excluding hydrogens is 314 g/mol. The third kappa shape index (κ3) is 3.50. The second-order valence-corrected chi connectivity index (χ2v) is 5.73. The number of hydrogen-bond acceptors (Lipinski definition) is 3. The molecule has 0 aliphatic carbocycles. The third-order valence-corrected chi connectivity index (χ3v) is 3.95. The van der Waals surface area contributed by atoms with E-state index in [9.17, 15) is 9.59 Å². The van der Waals surface area contributed by atoms with Gasteiger partial charge in [0.15, 0.2) is 5.78 Å². The Morgan fingerprint density at radius 3 is 2.56 bits per heavy atom. The highest BCUT2D eigenvalue weighted by atomic mass is 16.2. The van der Waals surface area contributed by atoms with Crippen LogP contribution < -0.4 is 5.32 Å². The second kappa shape index (κ2) is 7.13. The van der Waals surface area contributed by atoms with Crippen molar-refractivity contribution in [3.8, 4) is 0 Å². The van der Waals surface area contributed by atoms with Crippen molar-refractivity contribution in [3.63, 3.8) is 0 Å². The molecule has 1 heterocycles. The summed E-state index contributed by atoms with van der Waals surface area (Å²) < 4.78 is 1.61. The molecule has 3 aromatic rings. The molecule has 1 amide bonds. The number of aromatic nitrogens is 2. The van der Waals surface area contributed by atoms with E-state index in [-0.39, 0.29) is 11.7 Å². The molecule has 0 saturated heterocycles. The molecule has 0 fully saturated rings. The van der Waals surface area contributed by atoms with Gasteiger partial charge in [-0.05, 0) is 32.0 Å². The zero-order valence-corrected chi connectivity index (χ0v) is 14.2. The Labute approximate surface area is 146 Å². The minimum absolute atomic E-state index is 0.122. The van der Waals surface area contributed by atoms with Crippen molar-refractivity contribution >= 4 is 17.4 Å². The number of rotatable bonds is 5. The Morgan fingerprint density at radius 1 is 1.08 bits per heavy atom. The first-order valence-corrected chi connectivity index (χ1v) is 8.13. The second-order valence-electron chi connectivity index (χ2n) is 5.73. The number of amides is 1. The monoisotopic (exact) mass is 333 g/mol. The lowest BCUT2D eigenvalue weighted by atomic mass is 9.99. The van der Waals surface area contributed by atoms with Crippen molar-refractivity contribution in [1.29, 1.82) is 0 Å². The summed E-state index contributed by atoms with van der Waals surface area (Å²) in [5.41, 5.74) is 2.97. The first-order chi connectivity index (χ1) is 12.1. The zero-order valence-electron chi connectivity index (χ0n) is 14.2. The van der Waals surface area contributed by atoms with Gasteiger partial charge in [0, 0.05) is 23.9 Å². The van der Waals surface area contributed by atoms with E-state index in [4.69, 9.17) is 0 Å². The smallest absolute Gasteiger partial charge is 0.273 e. The Kier molecular flexibility index (Phi) is 4.75. The summed E-state index contributed by atoms with van der Waals surface area (Å²) in [5.74, 6) is -0.408. The number of carbonyl (C=O) groups is 2. The summed E-state index contributed by atoms with van der Waals surface area (Å²) in [5, 5.41) is 6.95. The van der Waals surface area contributed by atoms with Gasteiger partial charge in [0.05, 0.1) is 5.69 Å². The number of aryl methyl sites for hydroxylation is 2. The van der Waals surface area contributed by atoms with Crippen LogP contribution in [0.5, 0.6) is 0 Å². The molecule has 1 aromatic heterocycles. The minimum atomic E-state index is -0.287. The summed E-state index contributed by atoms with van der Waals surface area (Å²) in [7, 11) is 0. The van der Waals surface area contributed by atoms with Gasteiger partial charge in [-0.2, -0.15) is 5.10 Å². The average molecular weight is 333 g/mol. The van der Waals surface area contributed by atoms with Crippen LogP contribution in [0.4, 0.5) is 5.69 Å². The van der Waals surface area contributed by atoms with Crippen LogP contribution in [0, 0.1) is 6.92 Å². The standard InChI is InChI=1S/C20H19N3O2/c1-3-23-18(11-12-21-23)20(25)22-17-10-9-14(2)13-16(17)19(24)15-7-5-4-6-8-15/h4-13H,3H2,1-2H3,(H,22,25). The predicted octanol–water partition coefficient (Wildman–Crippen LogP) is 3.69. The van der Waals surface area contributed by atoms with Crippen LogP contribution in [0.15, 0.2) is 60.8 Å². The number of nitrogens with one attached hydrogen (secondary N) is 1. The van der Waals surface area contributed by atoms with Gasteiger partial charge in [0.25, 0.3) is 5.91 Å². The van der Waals surface area contributed by atoms with E-state index in [0.29, 0.717) is 29.1 Å². The van der Waals surface area contributed by atoms with Gasteiger partial charge in [0.2, 0.25) is 0 Å². The van der Waals surface area contributed by atoms with Crippen molar-refractivity contribution < 1.29 is 9.59 Å². The van der Waals surface area contributed by atoms with Crippen LogP contribution >= 0.6 is 0 Å². The molecule has 1 N–H and O–H groups in total. The predicted molar refractivity (Wildman–Crippen MR) is 96.9 cm³/mol. The number of carbonyl (C=O) groups excluding carboxylic acids is 2. The maximum absolute atomic E-state index is 12.8. The fourth-order valence-corrected chi connectivity index (χ4v) is 2.66. The fraction of sp³-hybridized carbons (Fsp3) is 0.150. The molecule has 126 valence electrons. The Balaban J connectivity index is 1.95. The number of benzene rings is 2. The Bertz CT molecular complexity index is 914. The number of ketones is 1. The maximum Gasteiger partial charge on any atom is 0.273 e. The summed E-state index contributed by atoms with van der Waals surface area (Å²) >= 11 is 0. The summed E-state index contributed by atoms with van der Waals surface area (Å²) in [4.78, 5) is 25.4. The highest BCUT2D eigenvalue weighted by molar-refractivity contribution is 6.15. The first-order valence-electron chi connectivity index (χ1n) is 8.13. The van der Waals surface area contributed by atoms with Crippen LogP contribution in [0.2, 0.25) is 0 Å². The molecular formula is C20H19N3O2. The lowest BCUT2D eigenvalue weighted by Crippen LogP contribution is -2.19. The van der Waals surface area contributed by atoms with Crippen molar-refractivity contribution in [1.82, 2.24) is 9.78 Å². The highest BCUT2D eigenvalue weighted by Crippen LogP contribution is 2.22. The molecule has 5 heteroatoms. The summed E-state index contributed by atoms with van der Waals surface area (Å²) in [6.45, 7) is 4.43. The van der Waals surface area contributed by atoms with E-state index in [1.807, 2.05) is 38.1 Å². The summed E-state index contributed by atoms with van der Waals surface area (Å²) in [6, 6.07) is 16.1. The third-order valence-electron chi connectivity index (χ3n) is 3.95. The molecule has 0 atom stereocenters. The zero-order chi connectivity index (χ0) is 17.8. The van der Waals surface area contributed by atoms with E-state index < -0.39 is 0 Å². The van der Waals surface area contributed by atoms with E-state index >= 15 is 0 Å². The SMILES string of the molecule is CCn1nccc1C(=O)Nc1ccc(C)cc1C(=O)c1ccccc1. The molecule has 0 saturated carbocycles. The van der Waals surface area contributed by atoms with Crippen molar-refractivity contribution in [3.05, 3.63) is 83.2 Å². The fourth-order valence-electron chi connectivity index (χ4n) is 2.66. The van der Waals surface area contributed by atoms with Gasteiger partial charge < -0.3 is 5.32 Å². The molecule has 0 radical (unpaired) electrons. The van der Waals surface area contributed by atoms with Crippen LogP contribution in [-0.4, -0.2) is 21.5 Å². The van der Waals surface area contributed by atoms with Crippen LogP contribution in [0.25, 0.3) is 0 Å². The van der Waals surface area contributed by atoms with Crippen molar-refractivity contribution in [2.24, 2.45) is 0 Å². The van der Waals surface area contributed by atoms with Crippen molar-refractivity contribution in [2.45, 2.75) is 20.4 Å². The van der Waals surface area contributed by atoms with Crippen LogP contribution in [0.1, 0.15) is 38.9 Å². The number of nitrogens with zero attached hydrogens (tertiary/aromatic N) is 2. The summed E-state index contributed by atoms with van der Waals surface area (Å²) in [6.07, 6.45) is 1.59. The quantitative estimate of drug-likeness (QED) is 0.724. The first kappa shape index (κ1) is 16.6. The molecule has 0 unspecified atom stereocenters. The maximum atomic E-state index is 12.8. The number of anilines is 1. The van der Waals surface area contributed by atoms with Gasteiger partial charge in [-0.3, -0.25) is 14.3 Å². The van der Waals surface area contributed by atoms with E-state index in [2.05, 4.69) is 10.4 Å². The Hall–Kier alpha value is -3.21. The molecule has 25 heavy (non-hydrogen) atoms. The average Bonchev–Trinajstić information content (AvgIpc) is 3.12. The van der Waals surface area contributed by atoms with Gasteiger partial charge in [0.1, 0.15) is 5.69 Å². The lowest BCUT2D eigenvalue weighted by Gasteiger charge is -2.12. The molecule has 0 aliphatic rings. The molecule has 3 rings (SSSR count). The molecule has 0 aliphatic heterocycles. The lowest BCUT2D eigenvalue weighted by molar-refractivity contribution is 0.101. The minimum Gasteiger partial charge on any atom is -0.320 e.